The summed E-state index contributed by atoms with van der Waals surface area (Å²) in [5, 5.41) is 3.45. The number of hydrogen-bond acceptors (Lipinski definition) is 4. The summed E-state index contributed by atoms with van der Waals surface area (Å²) in [6.07, 6.45) is 2.80. The molecule has 8 heteroatoms. The van der Waals surface area contributed by atoms with Gasteiger partial charge in [0.15, 0.2) is 10.3 Å². The van der Waals surface area contributed by atoms with Crippen LogP contribution < -0.4 is 11.1 Å². The molecule has 0 saturated heterocycles. The minimum Gasteiger partial charge on any atom is -0.399 e. The van der Waals surface area contributed by atoms with E-state index in [-0.39, 0.29) is 21.9 Å². The lowest BCUT2D eigenvalue weighted by atomic mass is 10.1. The van der Waals surface area contributed by atoms with Crippen molar-refractivity contribution in [2.45, 2.75) is 0 Å². The van der Waals surface area contributed by atoms with Crippen LogP contribution in [-0.2, 0) is 0 Å². The standard InChI is InChI=1S/C13H9Cl2N5O/c14-11-10(12(15)19-5-18-11)20-13(21)8-4-17-9-2-1-6(16)3-7(8)9/h1-5,17H,16H2,(H,20,21). The summed E-state index contributed by atoms with van der Waals surface area (Å²) in [4.78, 5) is 22.9. The van der Waals surface area contributed by atoms with E-state index in [0.717, 1.165) is 5.52 Å². The van der Waals surface area contributed by atoms with Crippen LogP contribution in [0.25, 0.3) is 10.9 Å². The van der Waals surface area contributed by atoms with Gasteiger partial charge in [0, 0.05) is 22.8 Å². The molecule has 0 aliphatic rings. The van der Waals surface area contributed by atoms with E-state index in [0.29, 0.717) is 16.6 Å². The largest absolute Gasteiger partial charge is 0.399 e. The number of rotatable bonds is 2. The molecule has 0 fully saturated rings. The lowest BCUT2D eigenvalue weighted by molar-refractivity contribution is 0.102. The predicted octanol–water partition coefficient (Wildman–Crippen LogP) is 3.10. The number of nitrogens with two attached hydrogens (primary N) is 1. The zero-order valence-electron chi connectivity index (χ0n) is 10.5. The number of aromatic amines is 1. The van der Waals surface area contributed by atoms with Crippen molar-refractivity contribution in [1.29, 1.82) is 0 Å². The number of nitrogens with zero attached hydrogens (tertiary/aromatic N) is 2. The Kier molecular flexibility index (Phi) is 3.40. The van der Waals surface area contributed by atoms with Crippen molar-refractivity contribution < 1.29 is 4.79 Å². The number of anilines is 2. The molecule has 0 radical (unpaired) electrons. The zero-order valence-corrected chi connectivity index (χ0v) is 12.0. The average Bonchev–Trinajstić information content (AvgIpc) is 2.86. The first kappa shape index (κ1) is 13.7. The van der Waals surface area contributed by atoms with Crippen LogP contribution >= 0.6 is 23.2 Å². The Balaban J connectivity index is 2.00. The highest BCUT2D eigenvalue weighted by atomic mass is 35.5. The van der Waals surface area contributed by atoms with Crippen LogP contribution in [0.3, 0.4) is 0 Å². The Hall–Kier alpha value is -2.31. The first-order valence-electron chi connectivity index (χ1n) is 5.90. The van der Waals surface area contributed by atoms with E-state index in [9.17, 15) is 4.79 Å². The van der Waals surface area contributed by atoms with E-state index in [2.05, 4.69) is 20.3 Å². The van der Waals surface area contributed by atoms with Crippen molar-refractivity contribution in [3.8, 4) is 0 Å². The second-order valence-corrected chi connectivity index (χ2v) is 5.01. The van der Waals surface area contributed by atoms with Crippen molar-refractivity contribution in [3.63, 3.8) is 0 Å². The van der Waals surface area contributed by atoms with Gasteiger partial charge in [-0.05, 0) is 18.2 Å². The van der Waals surface area contributed by atoms with Crippen LogP contribution in [0.1, 0.15) is 10.4 Å². The normalized spacial score (nSPS) is 10.8. The van der Waals surface area contributed by atoms with Gasteiger partial charge in [-0.3, -0.25) is 4.79 Å². The second-order valence-electron chi connectivity index (χ2n) is 4.29. The maximum Gasteiger partial charge on any atom is 0.257 e. The molecule has 3 aromatic rings. The number of nitrogen functional groups attached to an aromatic ring is 1. The minimum absolute atomic E-state index is 0.0719. The smallest absolute Gasteiger partial charge is 0.257 e. The molecule has 2 heterocycles. The van der Waals surface area contributed by atoms with E-state index >= 15 is 0 Å². The Labute approximate surface area is 129 Å². The highest BCUT2D eigenvalue weighted by molar-refractivity contribution is 6.38. The monoisotopic (exact) mass is 321 g/mol. The molecule has 2 aromatic heterocycles. The lowest BCUT2D eigenvalue weighted by Gasteiger charge is -2.07. The molecule has 0 unspecified atom stereocenters. The number of benzene rings is 1. The number of hydrogen-bond donors (Lipinski definition) is 3. The SMILES string of the molecule is Nc1ccc2[nH]cc(C(=O)Nc3c(Cl)ncnc3Cl)c2c1. The maximum atomic E-state index is 12.4. The fraction of sp³-hybridized carbons (Fsp3) is 0. The van der Waals surface area contributed by atoms with Crippen LogP contribution in [0.15, 0.2) is 30.7 Å². The van der Waals surface area contributed by atoms with E-state index in [1.54, 1.807) is 24.4 Å². The van der Waals surface area contributed by atoms with Gasteiger partial charge in [0.25, 0.3) is 5.91 Å². The molecular weight excluding hydrogens is 313 g/mol. The highest BCUT2D eigenvalue weighted by Crippen LogP contribution is 2.27. The van der Waals surface area contributed by atoms with Gasteiger partial charge >= 0.3 is 0 Å². The van der Waals surface area contributed by atoms with Crippen molar-refractivity contribution in [1.82, 2.24) is 15.0 Å². The van der Waals surface area contributed by atoms with E-state index in [1.165, 1.54) is 6.33 Å². The predicted molar refractivity (Wildman–Crippen MR) is 82.7 cm³/mol. The Morgan fingerprint density at radius 3 is 2.67 bits per heavy atom. The zero-order chi connectivity index (χ0) is 15.0. The maximum absolute atomic E-state index is 12.4. The third kappa shape index (κ3) is 2.51. The van der Waals surface area contributed by atoms with Crippen molar-refractivity contribution in [3.05, 3.63) is 46.6 Å². The van der Waals surface area contributed by atoms with Crippen LogP contribution in [0.4, 0.5) is 11.4 Å². The van der Waals surface area contributed by atoms with Gasteiger partial charge < -0.3 is 16.0 Å². The molecule has 6 nitrogen and oxygen atoms in total. The van der Waals surface area contributed by atoms with E-state index in [1.807, 2.05) is 0 Å². The average molecular weight is 322 g/mol. The summed E-state index contributed by atoms with van der Waals surface area (Å²) in [5.74, 6) is -0.384. The molecule has 3 rings (SSSR count). The van der Waals surface area contributed by atoms with Gasteiger partial charge in [-0.25, -0.2) is 9.97 Å². The molecule has 21 heavy (non-hydrogen) atoms. The fourth-order valence-corrected chi connectivity index (χ4v) is 2.36. The molecule has 4 N–H and O–H groups in total. The van der Waals surface area contributed by atoms with Crippen molar-refractivity contribution >= 4 is 51.4 Å². The molecule has 1 aromatic carbocycles. The van der Waals surface area contributed by atoms with Crippen LogP contribution in [0, 0.1) is 0 Å². The van der Waals surface area contributed by atoms with Gasteiger partial charge in [0.05, 0.1) is 5.56 Å². The number of halogens is 2. The van der Waals surface area contributed by atoms with Gasteiger partial charge in [-0.2, -0.15) is 0 Å². The third-order valence-corrected chi connectivity index (χ3v) is 3.52. The number of amides is 1. The molecule has 1 amide bonds. The summed E-state index contributed by atoms with van der Waals surface area (Å²) in [5.41, 5.74) is 7.71. The second kappa shape index (κ2) is 5.23. The number of fused-ring (bicyclic) bond motifs is 1. The third-order valence-electron chi connectivity index (χ3n) is 2.94. The first-order valence-corrected chi connectivity index (χ1v) is 6.66. The molecule has 0 saturated carbocycles. The Morgan fingerprint density at radius 1 is 1.24 bits per heavy atom. The van der Waals surface area contributed by atoms with Gasteiger partial charge in [-0.15, -0.1) is 0 Å². The number of H-pyrrole nitrogens is 1. The summed E-state index contributed by atoms with van der Waals surface area (Å²) >= 11 is 11.8. The summed E-state index contributed by atoms with van der Waals surface area (Å²) in [6.45, 7) is 0. The van der Waals surface area contributed by atoms with Gasteiger partial charge in [0.1, 0.15) is 12.0 Å². The molecule has 0 bridgehead atoms. The first-order chi connectivity index (χ1) is 10.1. The van der Waals surface area contributed by atoms with E-state index in [4.69, 9.17) is 28.9 Å². The number of carbonyl (C=O) groups excluding carboxylic acids is 1. The van der Waals surface area contributed by atoms with Crippen LogP contribution in [-0.4, -0.2) is 20.9 Å². The molecule has 0 spiro atoms. The number of aromatic nitrogens is 3. The Bertz CT molecular complexity index is 825. The van der Waals surface area contributed by atoms with E-state index < -0.39 is 0 Å². The molecular formula is C13H9Cl2N5O. The van der Waals surface area contributed by atoms with Crippen LogP contribution in [0.2, 0.25) is 10.3 Å². The molecule has 0 atom stereocenters. The van der Waals surface area contributed by atoms with Crippen LogP contribution in [0.5, 0.6) is 0 Å². The molecule has 0 aliphatic heterocycles. The van der Waals surface area contributed by atoms with Gasteiger partial charge in [-0.1, -0.05) is 23.2 Å². The summed E-state index contributed by atoms with van der Waals surface area (Å²) in [7, 11) is 0. The number of carbonyl (C=O) groups is 1. The minimum atomic E-state index is -0.384. The molecule has 0 aliphatic carbocycles. The quantitative estimate of drug-likeness (QED) is 0.499. The van der Waals surface area contributed by atoms with Crippen molar-refractivity contribution in [2.75, 3.05) is 11.1 Å². The van der Waals surface area contributed by atoms with Crippen molar-refractivity contribution in [2.24, 2.45) is 0 Å². The van der Waals surface area contributed by atoms with Gasteiger partial charge in [0.2, 0.25) is 0 Å². The summed E-state index contributed by atoms with van der Waals surface area (Å²) < 4.78 is 0. The topological polar surface area (TPSA) is 96.7 Å². The fourth-order valence-electron chi connectivity index (χ4n) is 1.95. The Morgan fingerprint density at radius 2 is 1.95 bits per heavy atom. The molecule has 106 valence electrons. The number of nitrogens with one attached hydrogen (secondary N) is 2. The lowest BCUT2D eigenvalue weighted by Crippen LogP contribution is -2.13. The highest BCUT2D eigenvalue weighted by Gasteiger charge is 2.16. The summed E-state index contributed by atoms with van der Waals surface area (Å²) in [6, 6.07) is 5.26.